The maximum absolute atomic E-state index is 12.7. The van der Waals surface area contributed by atoms with Crippen LogP contribution in [0.4, 0.5) is 5.69 Å². The lowest BCUT2D eigenvalue weighted by Gasteiger charge is -2.35. The van der Waals surface area contributed by atoms with E-state index in [0.717, 1.165) is 25.9 Å². The first kappa shape index (κ1) is 24.4. The van der Waals surface area contributed by atoms with Gasteiger partial charge in [-0.1, -0.05) is 41.9 Å². The van der Waals surface area contributed by atoms with Gasteiger partial charge in [0, 0.05) is 45.7 Å². The average molecular weight is 480 g/mol. The van der Waals surface area contributed by atoms with Crippen LogP contribution in [0.3, 0.4) is 0 Å². The Morgan fingerprint density at radius 2 is 1.78 bits per heavy atom. The Morgan fingerprint density at radius 1 is 1.09 bits per heavy atom. The lowest BCUT2D eigenvalue weighted by molar-refractivity contribution is -0.133. The molecule has 0 aliphatic carbocycles. The minimum atomic E-state index is -3.51. The minimum absolute atomic E-state index is 0.0607. The smallest absolute Gasteiger partial charge is 0.232 e. The van der Waals surface area contributed by atoms with E-state index in [9.17, 15) is 13.2 Å². The lowest BCUT2D eigenvalue weighted by Crippen LogP contribution is -2.48. The highest BCUT2D eigenvalue weighted by Crippen LogP contribution is 2.30. The molecule has 3 rings (SSSR count). The highest BCUT2D eigenvalue weighted by Gasteiger charge is 2.23. The van der Waals surface area contributed by atoms with Gasteiger partial charge in [-0.2, -0.15) is 0 Å². The fraction of sp³-hybridized carbons (Fsp3) is 0.435. The molecule has 0 saturated carbocycles. The van der Waals surface area contributed by atoms with E-state index in [1.807, 2.05) is 23.1 Å². The zero-order valence-electron chi connectivity index (χ0n) is 18.5. The van der Waals surface area contributed by atoms with Crippen LogP contribution in [0, 0.1) is 0 Å². The van der Waals surface area contributed by atoms with Crippen LogP contribution in [0.2, 0.25) is 5.02 Å². The number of hydrogen-bond donors (Lipinski definition) is 0. The number of amides is 1. The van der Waals surface area contributed by atoms with Gasteiger partial charge < -0.3 is 9.64 Å². The average Bonchev–Trinajstić information content (AvgIpc) is 2.77. The number of ether oxygens (including phenoxy) is 1. The number of carbonyl (C=O) groups excluding carboxylic acids is 1. The summed E-state index contributed by atoms with van der Waals surface area (Å²) >= 11 is 6.16. The van der Waals surface area contributed by atoms with Gasteiger partial charge in [-0.05, 0) is 30.2 Å². The summed E-state index contributed by atoms with van der Waals surface area (Å²) in [6, 6.07) is 15.2. The molecule has 1 heterocycles. The molecule has 0 unspecified atom stereocenters. The Labute approximate surface area is 195 Å². The first-order chi connectivity index (χ1) is 15.3. The van der Waals surface area contributed by atoms with Crippen molar-refractivity contribution in [3.8, 4) is 5.75 Å². The second kappa shape index (κ2) is 11.0. The maximum Gasteiger partial charge on any atom is 0.232 e. The van der Waals surface area contributed by atoms with E-state index in [4.69, 9.17) is 16.3 Å². The van der Waals surface area contributed by atoms with E-state index < -0.39 is 10.0 Å². The summed E-state index contributed by atoms with van der Waals surface area (Å²) in [5.74, 6) is 0.538. The molecule has 1 aliphatic rings. The number of anilines is 1. The Balaban J connectivity index is 1.50. The summed E-state index contributed by atoms with van der Waals surface area (Å²) in [6.45, 7) is 4.14. The van der Waals surface area contributed by atoms with Gasteiger partial charge in [0.1, 0.15) is 5.75 Å². The van der Waals surface area contributed by atoms with Gasteiger partial charge >= 0.3 is 0 Å². The summed E-state index contributed by atoms with van der Waals surface area (Å²) in [4.78, 5) is 16.9. The SMILES string of the molecule is COc1ccc(N(CCCC(=O)N2CCN(Cc3ccccc3)CC2)S(C)(=O)=O)cc1Cl. The normalized spacial score (nSPS) is 14.9. The zero-order valence-corrected chi connectivity index (χ0v) is 20.1. The molecule has 2 aromatic rings. The summed E-state index contributed by atoms with van der Waals surface area (Å²) in [5, 5.41) is 0.336. The lowest BCUT2D eigenvalue weighted by atomic mass is 10.2. The Bertz CT molecular complexity index is 1010. The van der Waals surface area contributed by atoms with Gasteiger partial charge in [-0.25, -0.2) is 8.42 Å². The van der Waals surface area contributed by atoms with E-state index in [1.165, 1.54) is 17.0 Å². The predicted molar refractivity (Wildman–Crippen MR) is 128 cm³/mol. The van der Waals surface area contributed by atoms with Gasteiger partial charge in [0.15, 0.2) is 0 Å². The number of methoxy groups -OCH3 is 1. The van der Waals surface area contributed by atoms with Crippen molar-refractivity contribution in [2.75, 3.05) is 50.4 Å². The highest BCUT2D eigenvalue weighted by molar-refractivity contribution is 7.92. The van der Waals surface area contributed by atoms with Gasteiger partial charge in [-0.15, -0.1) is 0 Å². The summed E-state index contributed by atoms with van der Waals surface area (Å²) in [5.41, 5.74) is 1.73. The minimum Gasteiger partial charge on any atom is -0.495 e. The summed E-state index contributed by atoms with van der Waals surface area (Å²) in [6.07, 6.45) is 1.88. The molecule has 174 valence electrons. The first-order valence-electron chi connectivity index (χ1n) is 10.6. The van der Waals surface area contributed by atoms with E-state index >= 15 is 0 Å². The standard InChI is InChI=1S/C23H30ClN3O4S/c1-31-22-11-10-20(17-21(22)24)27(32(2,29)30)12-6-9-23(28)26-15-13-25(14-16-26)18-19-7-4-3-5-8-19/h3-5,7-8,10-11,17H,6,9,12-16,18H2,1-2H3. The third kappa shape index (κ3) is 6.60. The van der Waals surface area contributed by atoms with Crippen molar-refractivity contribution in [3.63, 3.8) is 0 Å². The number of sulfonamides is 1. The van der Waals surface area contributed by atoms with E-state index in [-0.39, 0.29) is 12.5 Å². The molecule has 1 fully saturated rings. The Hall–Kier alpha value is -2.29. The van der Waals surface area contributed by atoms with Crippen LogP contribution in [0.1, 0.15) is 18.4 Å². The van der Waals surface area contributed by atoms with Crippen LogP contribution >= 0.6 is 11.6 Å². The van der Waals surface area contributed by atoms with Crippen molar-refractivity contribution in [2.45, 2.75) is 19.4 Å². The topological polar surface area (TPSA) is 70.2 Å². The molecule has 0 radical (unpaired) electrons. The molecule has 7 nitrogen and oxygen atoms in total. The van der Waals surface area contributed by atoms with Crippen molar-refractivity contribution >= 4 is 33.2 Å². The summed E-state index contributed by atoms with van der Waals surface area (Å²) < 4.78 is 31.0. The molecular formula is C23H30ClN3O4S. The van der Waals surface area contributed by atoms with Crippen LogP contribution in [0.25, 0.3) is 0 Å². The van der Waals surface area contributed by atoms with Crippen molar-refractivity contribution < 1.29 is 17.9 Å². The molecule has 0 bridgehead atoms. The molecule has 1 aliphatic heterocycles. The van der Waals surface area contributed by atoms with E-state index in [1.54, 1.807) is 18.2 Å². The molecular weight excluding hydrogens is 450 g/mol. The van der Waals surface area contributed by atoms with Crippen molar-refractivity contribution in [3.05, 3.63) is 59.1 Å². The van der Waals surface area contributed by atoms with Crippen LogP contribution in [0.5, 0.6) is 5.75 Å². The van der Waals surface area contributed by atoms with Crippen LogP contribution in [0.15, 0.2) is 48.5 Å². The number of hydrogen-bond acceptors (Lipinski definition) is 5. The number of benzene rings is 2. The number of nitrogens with zero attached hydrogens (tertiary/aromatic N) is 3. The van der Waals surface area contributed by atoms with Crippen molar-refractivity contribution in [1.29, 1.82) is 0 Å². The molecule has 0 spiro atoms. The van der Waals surface area contributed by atoms with E-state index in [0.29, 0.717) is 42.4 Å². The monoisotopic (exact) mass is 479 g/mol. The predicted octanol–water partition coefficient (Wildman–Crippen LogP) is 3.24. The number of rotatable bonds is 9. The third-order valence-corrected chi connectivity index (χ3v) is 7.04. The van der Waals surface area contributed by atoms with Crippen molar-refractivity contribution in [1.82, 2.24) is 9.80 Å². The molecule has 0 aromatic heterocycles. The molecule has 0 atom stereocenters. The first-order valence-corrected chi connectivity index (χ1v) is 12.9. The van der Waals surface area contributed by atoms with Gasteiger partial charge in [-0.3, -0.25) is 14.0 Å². The van der Waals surface area contributed by atoms with Crippen LogP contribution < -0.4 is 9.04 Å². The molecule has 0 N–H and O–H groups in total. The van der Waals surface area contributed by atoms with Crippen molar-refractivity contribution in [2.24, 2.45) is 0 Å². The Kier molecular flexibility index (Phi) is 8.39. The zero-order chi connectivity index (χ0) is 23.1. The summed E-state index contributed by atoms with van der Waals surface area (Å²) in [7, 11) is -2.01. The fourth-order valence-corrected chi connectivity index (χ4v) is 5.04. The largest absolute Gasteiger partial charge is 0.495 e. The highest BCUT2D eigenvalue weighted by atomic mass is 35.5. The van der Waals surface area contributed by atoms with Crippen LogP contribution in [-0.2, 0) is 21.4 Å². The second-order valence-electron chi connectivity index (χ2n) is 7.90. The third-order valence-electron chi connectivity index (χ3n) is 5.55. The van der Waals surface area contributed by atoms with Gasteiger partial charge in [0.2, 0.25) is 15.9 Å². The van der Waals surface area contributed by atoms with Gasteiger partial charge in [0.25, 0.3) is 0 Å². The number of piperazine rings is 1. The molecule has 32 heavy (non-hydrogen) atoms. The number of carbonyl (C=O) groups is 1. The molecule has 1 amide bonds. The maximum atomic E-state index is 12.7. The number of halogens is 1. The second-order valence-corrected chi connectivity index (χ2v) is 10.2. The molecule has 2 aromatic carbocycles. The molecule has 1 saturated heterocycles. The van der Waals surface area contributed by atoms with Crippen LogP contribution in [-0.4, -0.2) is 70.2 Å². The Morgan fingerprint density at radius 3 is 2.38 bits per heavy atom. The quantitative estimate of drug-likeness (QED) is 0.552. The fourth-order valence-electron chi connectivity index (χ4n) is 3.83. The molecule has 9 heteroatoms. The van der Waals surface area contributed by atoms with Gasteiger partial charge in [0.05, 0.1) is 24.1 Å². The van der Waals surface area contributed by atoms with E-state index in [2.05, 4.69) is 17.0 Å².